The van der Waals surface area contributed by atoms with E-state index in [1.165, 1.54) is 6.21 Å². The quantitative estimate of drug-likeness (QED) is 0.289. The van der Waals surface area contributed by atoms with Crippen LogP contribution in [0.2, 0.25) is 5.02 Å². The third kappa shape index (κ3) is 3.78. The summed E-state index contributed by atoms with van der Waals surface area (Å²) < 4.78 is 6.85. The molecule has 0 spiro atoms. The van der Waals surface area contributed by atoms with Gasteiger partial charge in [0.25, 0.3) is 0 Å². The molecule has 0 aliphatic heterocycles. The largest absolute Gasteiger partial charge is 0.507 e. The van der Waals surface area contributed by atoms with Gasteiger partial charge in [-0.2, -0.15) is 0 Å². The fourth-order valence-corrected chi connectivity index (χ4v) is 3.80. The Labute approximate surface area is 181 Å². The zero-order chi connectivity index (χ0) is 19.8. The second kappa shape index (κ2) is 7.58. The Morgan fingerprint density at radius 2 is 1.82 bits per heavy atom. The number of halogens is 3. The zero-order valence-corrected chi connectivity index (χ0v) is 18.0. The third-order valence-corrected chi connectivity index (χ3v) is 5.43. The summed E-state index contributed by atoms with van der Waals surface area (Å²) in [4.78, 5) is 8.88. The molecule has 0 amide bonds. The third-order valence-electron chi connectivity index (χ3n) is 3.98. The summed E-state index contributed by atoms with van der Waals surface area (Å²) in [5.74, 6) is 0.650. The number of rotatable bonds is 3. The van der Waals surface area contributed by atoms with Crippen molar-refractivity contribution in [3.8, 4) is 23.0 Å². The Balaban J connectivity index is 1.68. The van der Waals surface area contributed by atoms with Gasteiger partial charge >= 0.3 is 0 Å². The molecule has 140 valence electrons. The monoisotopic (exact) mass is 520 g/mol. The molecule has 28 heavy (non-hydrogen) atoms. The lowest BCUT2D eigenvalue weighted by Gasteiger charge is -2.02. The average molecular weight is 523 g/mol. The van der Waals surface area contributed by atoms with Crippen molar-refractivity contribution in [2.24, 2.45) is 4.99 Å². The molecular weight excluding hydrogens is 511 g/mol. The number of nitrogens with zero attached hydrogens (tertiary/aromatic N) is 2. The van der Waals surface area contributed by atoms with Crippen molar-refractivity contribution in [3.05, 3.63) is 68.1 Å². The highest BCUT2D eigenvalue weighted by Crippen LogP contribution is 2.33. The molecule has 8 heteroatoms. The summed E-state index contributed by atoms with van der Waals surface area (Å²) in [6.45, 7) is 0. The molecule has 0 aliphatic carbocycles. The predicted octanol–water partition coefficient (Wildman–Crippen LogP) is 6.84. The van der Waals surface area contributed by atoms with Crippen LogP contribution in [0.3, 0.4) is 0 Å². The molecule has 0 radical (unpaired) electrons. The molecule has 0 unspecified atom stereocenters. The van der Waals surface area contributed by atoms with Crippen molar-refractivity contribution in [3.63, 3.8) is 0 Å². The second-order valence-corrected chi connectivity index (χ2v) is 8.07. The highest BCUT2D eigenvalue weighted by atomic mass is 79.9. The van der Waals surface area contributed by atoms with Crippen molar-refractivity contribution >= 4 is 66.5 Å². The fourth-order valence-electron chi connectivity index (χ4n) is 2.59. The molecule has 4 rings (SSSR count). The van der Waals surface area contributed by atoms with Crippen molar-refractivity contribution in [1.82, 2.24) is 4.98 Å². The SMILES string of the molecule is Oc1ccc(-c2nc3cc(N=Cc4cc(Cl)cc(Br)c4O)ccc3o2)cc1Br. The van der Waals surface area contributed by atoms with Crippen LogP contribution in [0.4, 0.5) is 5.69 Å². The number of aliphatic imine (C=N–C) groups is 1. The number of oxazole rings is 1. The molecule has 0 bridgehead atoms. The van der Waals surface area contributed by atoms with Gasteiger partial charge in [-0.3, -0.25) is 4.99 Å². The summed E-state index contributed by atoms with van der Waals surface area (Å²) in [5, 5.41) is 20.2. The summed E-state index contributed by atoms with van der Waals surface area (Å²) in [7, 11) is 0. The standard InChI is InChI=1S/C20H11Br2ClN2O3/c21-14-6-10(1-3-17(14)26)20-25-16-8-13(2-4-18(16)28-20)24-9-11-5-12(23)7-15(22)19(11)27/h1-9,26-27H. The van der Waals surface area contributed by atoms with E-state index in [0.29, 0.717) is 42.2 Å². The van der Waals surface area contributed by atoms with Crippen LogP contribution in [0.1, 0.15) is 5.56 Å². The van der Waals surface area contributed by atoms with E-state index in [2.05, 4.69) is 41.8 Å². The van der Waals surface area contributed by atoms with Gasteiger partial charge in [-0.25, -0.2) is 4.98 Å². The van der Waals surface area contributed by atoms with E-state index in [9.17, 15) is 10.2 Å². The van der Waals surface area contributed by atoms with Gasteiger partial charge in [0.15, 0.2) is 5.58 Å². The average Bonchev–Trinajstić information content (AvgIpc) is 3.09. The van der Waals surface area contributed by atoms with Gasteiger partial charge in [-0.1, -0.05) is 11.6 Å². The number of hydrogen-bond donors (Lipinski definition) is 2. The number of aromatic nitrogens is 1. The number of aromatic hydroxyl groups is 2. The van der Waals surface area contributed by atoms with Gasteiger partial charge in [0.1, 0.15) is 17.0 Å². The van der Waals surface area contributed by atoms with Gasteiger partial charge < -0.3 is 14.6 Å². The Morgan fingerprint density at radius 1 is 1.00 bits per heavy atom. The van der Waals surface area contributed by atoms with Crippen molar-refractivity contribution in [2.75, 3.05) is 0 Å². The maximum absolute atomic E-state index is 10.1. The minimum absolute atomic E-state index is 0.0656. The van der Waals surface area contributed by atoms with Gasteiger partial charge in [-0.15, -0.1) is 0 Å². The molecule has 4 aromatic rings. The van der Waals surface area contributed by atoms with Crippen LogP contribution < -0.4 is 0 Å². The minimum Gasteiger partial charge on any atom is -0.507 e. The summed E-state index contributed by atoms with van der Waals surface area (Å²) in [5.41, 5.74) is 3.14. The zero-order valence-electron chi connectivity index (χ0n) is 14.0. The Bertz CT molecular complexity index is 1240. The van der Waals surface area contributed by atoms with E-state index >= 15 is 0 Å². The lowest BCUT2D eigenvalue weighted by Crippen LogP contribution is -1.84. The minimum atomic E-state index is 0.0656. The molecule has 0 aliphatic rings. The van der Waals surface area contributed by atoms with E-state index in [0.717, 1.165) is 5.56 Å². The summed E-state index contributed by atoms with van der Waals surface area (Å²) >= 11 is 12.6. The maximum atomic E-state index is 10.1. The Morgan fingerprint density at radius 3 is 2.61 bits per heavy atom. The molecule has 0 atom stereocenters. The van der Waals surface area contributed by atoms with Gasteiger partial charge in [-0.05, 0) is 80.4 Å². The first-order chi connectivity index (χ1) is 13.4. The van der Waals surface area contributed by atoms with Crippen LogP contribution >= 0.6 is 43.5 Å². The van der Waals surface area contributed by atoms with Crippen LogP contribution in [0.5, 0.6) is 11.5 Å². The van der Waals surface area contributed by atoms with Crippen LogP contribution in [0.25, 0.3) is 22.6 Å². The molecular formula is C20H11Br2ClN2O3. The van der Waals surface area contributed by atoms with E-state index < -0.39 is 0 Å². The Hall–Kier alpha value is -2.35. The predicted molar refractivity (Wildman–Crippen MR) is 117 cm³/mol. The van der Waals surface area contributed by atoms with Crippen LogP contribution in [-0.2, 0) is 0 Å². The lowest BCUT2D eigenvalue weighted by molar-refractivity contribution is 0.471. The summed E-state index contributed by atoms with van der Waals surface area (Å²) in [6, 6.07) is 13.6. The molecule has 3 aromatic carbocycles. The lowest BCUT2D eigenvalue weighted by atomic mass is 10.2. The second-order valence-electron chi connectivity index (χ2n) is 5.92. The number of phenols is 2. The smallest absolute Gasteiger partial charge is 0.227 e. The maximum Gasteiger partial charge on any atom is 0.227 e. The van der Waals surface area contributed by atoms with E-state index in [4.69, 9.17) is 16.0 Å². The van der Waals surface area contributed by atoms with Gasteiger partial charge in [0.2, 0.25) is 5.89 Å². The van der Waals surface area contributed by atoms with Crippen LogP contribution in [-0.4, -0.2) is 21.4 Å². The van der Waals surface area contributed by atoms with E-state index in [-0.39, 0.29) is 11.5 Å². The van der Waals surface area contributed by atoms with E-state index in [1.54, 1.807) is 48.5 Å². The first kappa shape index (κ1) is 19.0. The molecule has 1 heterocycles. The highest BCUT2D eigenvalue weighted by Gasteiger charge is 2.11. The number of fused-ring (bicyclic) bond motifs is 1. The Kier molecular flexibility index (Phi) is 5.14. The van der Waals surface area contributed by atoms with Gasteiger partial charge in [0.05, 0.1) is 14.6 Å². The van der Waals surface area contributed by atoms with Crippen molar-refractivity contribution in [1.29, 1.82) is 0 Å². The first-order valence-electron chi connectivity index (χ1n) is 8.02. The van der Waals surface area contributed by atoms with Gasteiger partial charge in [0, 0.05) is 22.4 Å². The molecule has 2 N–H and O–H groups in total. The number of phenolic OH excluding ortho intramolecular Hbond substituents is 2. The van der Waals surface area contributed by atoms with E-state index in [1.807, 2.05) is 0 Å². The first-order valence-corrected chi connectivity index (χ1v) is 9.98. The molecule has 0 saturated carbocycles. The normalized spacial score (nSPS) is 11.5. The van der Waals surface area contributed by atoms with Crippen molar-refractivity contribution < 1.29 is 14.6 Å². The van der Waals surface area contributed by atoms with Crippen molar-refractivity contribution in [2.45, 2.75) is 0 Å². The number of benzene rings is 3. The molecule has 0 saturated heterocycles. The molecule has 5 nitrogen and oxygen atoms in total. The highest BCUT2D eigenvalue weighted by molar-refractivity contribution is 9.10. The molecule has 0 fully saturated rings. The van der Waals surface area contributed by atoms with Crippen LogP contribution in [0, 0.1) is 0 Å². The fraction of sp³-hybridized carbons (Fsp3) is 0. The molecule has 1 aromatic heterocycles. The van der Waals surface area contributed by atoms with Crippen LogP contribution in [0.15, 0.2) is 66.9 Å². The number of hydrogen-bond acceptors (Lipinski definition) is 5. The topological polar surface area (TPSA) is 78.9 Å². The summed E-state index contributed by atoms with van der Waals surface area (Å²) in [6.07, 6.45) is 1.53.